The van der Waals surface area contributed by atoms with E-state index in [2.05, 4.69) is 16.9 Å². The van der Waals surface area contributed by atoms with Gasteiger partial charge in [-0.05, 0) is 61.9 Å². The normalized spacial score (nSPS) is 19.9. The molecule has 138 valence electrons. The van der Waals surface area contributed by atoms with Crippen molar-refractivity contribution >= 4 is 5.97 Å². The third-order valence-electron chi connectivity index (χ3n) is 5.29. The molecule has 0 saturated heterocycles. The number of carbonyl (C=O) groups excluding carboxylic acids is 1. The number of esters is 1. The smallest absolute Gasteiger partial charge is 0.314 e. The number of nitrogens with zero attached hydrogens (tertiary/aromatic N) is 2. The van der Waals surface area contributed by atoms with Gasteiger partial charge in [0.2, 0.25) is 0 Å². The van der Waals surface area contributed by atoms with E-state index in [1.165, 1.54) is 25.7 Å². The molecule has 26 heavy (non-hydrogen) atoms. The number of ether oxygens (including phenoxy) is 1. The molecule has 3 rings (SSSR count). The molecule has 4 nitrogen and oxygen atoms in total. The van der Waals surface area contributed by atoms with E-state index in [1.54, 1.807) is 18.5 Å². The number of benzene rings is 1. The van der Waals surface area contributed by atoms with Gasteiger partial charge in [-0.2, -0.15) is 0 Å². The van der Waals surface area contributed by atoms with E-state index >= 15 is 0 Å². The second-order valence-corrected chi connectivity index (χ2v) is 7.23. The van der Waals surface area contributed by atoms with E-state index in [1.807, 2.05) is 24.3 Å². The molecule has 2 aromatic rings. The first kappa shape index (κ1) is 18.6. The van der Waals surface area contributed by atoms with Crippen LogP contribution in [0.15, 0.2) is 42.7 Å². The van der Waals surface area contributed by atoms with Gasteiger partial charge in [-0.15, -0.1) is 0 Å². The van der Waals surface area contributed by atoms with E-state index in [-0.39, 0.29) is 11.9 Å². The molecular formula is C22H28N2O2. The predicted molar refractivity (Wildman–Crippen MR) is 103 cm³/mol. The largest absolute Gasteiger partial charge is 0.426 e. The number of hydrogen-bond donors (Lipinski definition) is 0. The number of rotatable bonds is 7. The van der Waals surface area contributed by atoms with E-state index in [0.717, 1.165) is 37.2 Å². The fraction of sp³-hybridized carbons (Fsp3) is 0.500. The molecule has 0 atom stereocenters. The van der Waals surface area contributed by atoms with Crippen molar-refractivity contribution in [2.24, 2.45) is 11.8 Å². The van der Waals surface area contributed by atoms with Gasteiger partial charge in [-0.25, -0.2) is 9.97 Å². The van der Waals surface area contributed by atoms with Gasteiger partial charge < -0.3 is 4.74 Å². The Morgan fingerprint density at radius 3 is 2.38 bits per heavy atom. The molecule has 1 aromatic carbocycles. The Hall–Kier alpha value is -2.23. The molecule has 1 fully saturated rings. The van der Waals surface area contributed by atoms with Gasteiger partial charge in [-0.3, -0.25) is 4.79 Å². The van der Waals surface area contributed by atoms with Crippen molar-refractivity contribution in [1.29, 1.82) is 0 Å². The topological polar surface area (TPSA) is 52.1 Å². The summed E-state index contributed by atoms with van der Waals surface area (Å²) in [7, 11) is 0. The summed E-state index contributed by atoms with van der Waals surface area (Å²) in [6, 6.07) is 9.21. The van der Waals surface area contributed by atoms with Gasteiger partial charge in [-0.1, -0.05) is 32.6 Å². The molecule has 0 radical (unpaired) electrons. The van der Waals surface area contributed by atoms with Crippen LogP contribution in [-0.2, 0) is 4.79 Å². The van der Waals surface area contributed by atoms with Crippen LogP contribution in [0.1, 0.15) is 58.3 Å². The molecule has 0 unspecified atom stereocenters. The predicted octanol–water partition coefficient (Wildman–Crippen LogP) is 5.44. The molecule has 1 aliphatic rings. The summed E-state index contributed by atoms with van der Waals surface area (Å²) < 4.78 is 5.60. The van der Waals surface area contributed by atoms with Crippen molar-refractivity contribution < 1.29 is 9.53 Å². The van der Waals surface area contributed by atoms with Crippen LogP contribution in [0.3, 0.4) is 0 Å². The lowest BCUT2D eigenvalue weighted by molar-refractivity contribution is -0.140. The Labute approximate surface area is 156 Å². The molecule has 0 spiro atoms. The summed E-state index contributed by atoms with van der Waals surface area (Å²) in [6.07, 6.45) is 12.9. The highest BCUT2D eigenvalue weighted by Crippen LogP contribution is 2.33. The van der Waals surface area contributed by atoms with Crippen molar-refractivity contribution in [3.8, 4) is 17.1 Å². The summed E-state index contributed by atoms with van der Waals surface area (Å²) in [5, 5.41) is 0. The van der Waals surface area contributed by atoms with Crippen molar-refractivity contribution in [3.05, 3.63) is 42.7 Å². The zero-order valence-electron chi connectivity index (χ0n) is 15.6. The second-order valence-electron chi connectivity index (χ2n) is 7.23. The number of carbonyl (C=O) groups is 1. The lowest BCUT2D eigenvalue weighted by atomic mass is 9.80. The van der Waals surface area contributed by atoms with Crippen molar-refractivity contribution in [1.82, 2.24) is 9.97 Å². The third-order valence-corrected chi connectivity index (χ3v) is 5.29. The fourth-order valence-corrected chi connectivity index (χ4v) is 3.69. The van der Waals surface area contributed by atoms with E-state index < -0.39 is 0 Å². The van der Waals surface area contributed by atoms with Crippen LogP contribution in [0.2, 0.25) is 0 Å². The van der Waals surface area contributed by atoms with Gasteiger partial charge >= 0.3 is 5.97 Å². The maximum Gasteiger partial charge on any atom is 0.314 e. The molecule has 0 bridgehead atoms. The number of hydrogen-bond acceptors (Lipinski definition) is 4. The first-order chi connectivity index (χ1) is 12.8. The average molecular weight is 352 g/mol. The van der Waals surface area contributed by atoms with E-state index in [0.29, 0.717) is 11.6 Å². The van der Waals surface area contributed by atoms with E-state index in [9.17, 15) is 4.79 Å². The summed E-state index contributed by atoms with van der Waals surface area (Å²) >= 11 is 0. The molecule has 0 aliphatic heterocycles. The highest BCUT2D eigenvalue weighted by Gasteiger charge is 2.27. The Kier molecular flexibility index (Phi) is 6.75. The molecule has 4 heteroatoms. The molecular weight excluding hydrogens is 324 g/mol. The second kappa shape index (κ2) is 9.46. The van der Waals surface area contributed by atoms with Crippen LogP contribution in [0, 0.1) is 11.8 Å². The van der Waals surface area contributed by atoms with Crippen LogP contribution >= 0.6 is 0 Å². The number of aromatic nitrogens is 2. The Bertz CT molecular complexity index is 677. The minimum Gasteiger partial charge on any atom is -0.426 e. The number of unbranched alkanes of at least 4 members (excludes halogenated alkanes) is 2. The third kappa shape index (κ3) is 5.13. The van der Waals surface area contributed by atoms with Gasteiger partial charge in [0.1, 0.15) is 5.75 Å². The monoisotopic (exact) mass is 352 g/mol. The first-order valence-electron chi connectivity index (χ1n) is 9.85. The van der Waals surface area contributed by atoms with Crippen LogP contribution in [-0.4, -0.2) is 15.9 Å². The quantitative estimate of drug-likeness (QED) is 0.378. The van der Waals surface area contributed by atoms with Crippen molar-refractivity contribution in [2.75, 3.05) is 0 Å². The summed E-state index contributed by atoms with van der Waals surface area (Å²) in [4.78, 5) is 20.9. The van der Waals surface area contributed by atoms with E-state index in [4.69, 9.17) is 4.74 Å². The molecule has 0 amide bonds. The minimum atomic E-state index is -0.0827. The molecule has 1 saturated carbocycles. The van der Waals surface area contributed by atoms with Crippen LogP contribution in [0.25, 0.3) is 11.4 Å². The summed E-state index contributed by atoms with van der Waals surface area (Å²) in [5.74, 6) is 2.04. The Balaban J connectivity index is 1.48. The zero-order chi connectivity index (χ0) is 18.2. The van der Waals surface area contributed by atoms with Gasteiger partial charge in [0, 0.05) is 18.0 Å². The Morgan fingerprint density at radius 2 is 1.73 bits per heavy atom. The minimum absolute atomic E-state index is 0.0505. The average Bonchev–Trinajstić information content (AvgIpc) is 2.70. The van der Waals surface area contributed by atoms with Gasteiger partial charge in [0.15, 0.2) is 5.82 Å². The molecule has 1 aliphatic carbocycles. The SMILES string of the molecule is CCCCCC1CCC(C(=O)Oc2ccc(-c3ncccn3)cc2)CC1. The van der Waals surface area contributed by atoms with Gasteiger partial charge in [0.25, 0.3) is 0 Å². The first-order valence-corrected chi connectivity index (χ1v) is 9.85. The van der Waals surface area contributed by atoms with Crippen molar-refractivity contribution in [2.45, 2.75) is 58.3 Å². The van der Waals surface area contributed by atoms with Gasteiger partial charge in [0.05, 0.1) is 5.92 Å². The van der Waals surface area contributed by atoms with Crippen LogP contribution in [0.4, 0.5) is 0 Å². The fourth-order valence-electron chi connectivity index (χ4n) is 3.69. The highest BCUT2D eigenvalue weighted by molar-refractivity contribution is 5.75. The maximum absolute atomic E-state index is 12.4. The molecule has 0 N–H and O–H groups in total. The highest BCUT2D eigenvalue weighted by atomic mass is 16.5. The van der Waals surface area contributed by atoms with Crippen LogP contribution in [0.5, 0.6) is 5.75 Å². The Morgan fingerprint density at radius 1 is 1.04 bits per heavy atom. The lowest BCUT2D eigenvalue weighted by Crippen LogP contribution is -2.25. The maximum atomic E-state index is 12.4. The molecule has 1 heterocycles. The summed E-state index contributed by atoms with van der Waals surface area (Å²) in [5.41, 5.74) is 0.915. The van der Waals surface area contributed by atoms with Crippen LogP contribution < -0.4 is 4.74 Å². The lowest BCUT2D eigenvalue weighted by Gasteiger charge is -2.27. The molecule has 1 aromatic heterocycles. The summed E-state index contributed by atoms with van der Waals surface area (Å²) in [6.45, 7) is 2.24. The van der Waals surface area contributed by atoms with Crippen molar-refractivity contribution in [3.63, 3.8) is 0 Å². The standard InChI is InChI=1S/C22H28N2O2/c1-2-3-4-6-17-7-9-19(10-8-17)22(25)26-20-13-11-18(12-14-20)21-23-15-5-16-24-21/h5,11-17,19H,2-4,6-10H2,1H3. The zero-order valence-corrected chi connectivity index (χ0v) is 15.6.